The van der Waals surface area contributed by atoms with Crippen molar-refractivity contribution < 1.29 is 9.18 Å². The molecule has 0 aliphatic rings. The van der Waals surface area contributed by atoms with Crippen molar-refractivity contribution in [1.29, 1.82) is 0 Å². The van der Waals surface area contributed by atoms with Crippen molar-refractivity contribution in [1.82, 2.24) is 14.0 Å². The molecule has 2 heterocycles. The Labute approximate surface area is 186 Å². The van der Waals surface area contributed by atoms with Crippen LogP contribution in [0.4, 0.5) is 10.1 Å². The molecular formula is C23H20BrFN4O2. The molecule has 0 aliphatic heterocycles. The molecule has 1 N–H and O–H groups in total. The normalized spacial score (nSPS) is 11.1. The number of nitrogens with one attached hydrogen (secondary N) is 1. The number of carbonyl (C=O) groups excluding carboxylic acids is 1. The van der Waals surface area contributed by atoms with Crippen LogP contribution in [0, 0.1) is 12.7 Å². The van der Waals surface area contributed by atoms with Crippen LogP contribution in [0.25, 0.3) is 16.9 Å². The largest absolute Gasteiger partial charge is 0.325 e. The molecule has 0 spiro atoms. The SMILES string of the molecule is CCc1c(-c2ccccc2)c(=O)n2c(Br)c(C)nc2n1CC(=O)Nc1ccc(F)cc1. The molecule has 0 fully saturated rings. The minimum atomic E-state index is -0.376. The van der Waals surface area contributed by atoms with Gasteiger partial charge in [-0.3, -0.25) is 9.59 Å². The summed E-state index contributed by atoms with van der Waals surface area (Å²) in [7, 11) is 0. The van der Waals surface area contributed by atoms with Gasteiger partial charge in [-0.05, 0) is 59.1 Å². The third-order valence-electron chi connectivity index (χ3n) is 5.06. The van der Waals surface area contributed by atoms with E-state index in [0.29, 0.717) is 33.7 Å². The molecule has 4 rings (SSSR count). The van der Waals surface area contributed by atoms with Gasteiger partial charge in [0.1, 0.15) is 17.0 Å². The molecule has 6 nitrogen and oxygen atoms in total. The van der Waals surface area contributed by atoms with Gasteiger partial charge in [-0.2, -0.15) is 0 Å². The summed E-state index contributed by atoms with van der Waals surface area (Å²) < 4.78 is 17.0. The second-order valence-electron chi connectivity index (χ2n) is 7.11. The van der Waals surface area contributed by atoms with Crippen molar-refractivity contribution in [3.05, 3.63) is 86.8 Å². The molecule has 4 aromatic rings. The van der Waals surface area contributed by atoms with Crippen molar-refractivity contribution >= 4 is 33.3 Å². The zero-order chi connectivity index (χ0) is 22.1. The number of halogens is 2. The molecular weight excluding hydrogens is 463 g/mol. The highest BCUT2D eigenvalue weighted by molar-refractivity contribution is 9.10. The first-order valence-electron chi connectivity index (χ1n) is 9.81. The molecule has 0 unspecified atom stereocenters. The van der Waals surface area contributed by atoms with E-state index < -0.39 is 0 Å². The average Bonchev–Trinajstić information content (AvgIpc) is 3.07. The first-order chi connectivity index (χ1) is 14.9. The van der Waals surface area contributed by atoms with E-state index in [0.717, 1.165) is 11.3 Å². The number of fused-ring (bicyclic) bond motifs is 1. The summed E-state index contributed by atoms with van der Waals surface area (Å²) in [5, 5.41) is 2.78. The van der Waals surface area contributed by atoms with E-state index in [1.54, 1.807) is 11.5 Å². The number of rotatable bonds is 5. The zero-order valence-electron chi connectivity index (χ0n) is 17.0. The molecule has 0 aliphatic carbocycles. The Balaban J connectivity index is 1.88. The van der Waals surface area contributed by atoms with Crippen LogP contribution >= 0.6 is 15.9 Å². The first-order valence-corrected chi connectivity index (χ1v) is 10.6. The van der Waals surface area contributed by atoms with E-state index in [1.807, 2.05) is 37.3 Å². The minimum absolute atomic E-state index is 0.0486. The van der Waals surface area contributed by atoms with E-state index in [9.17, 15) is 14.0 Å². The van der Waals surface area contributed by atoms with E-state index in [-0.39, 0.29) is 23.8 Å². The maximum absolute atomic E-state index is 13.4. The lowest BCUT2D eigenvalue weighted by atomic mass is 10.0. The van der Waals surface area contributed by atoms with Gasteiger partial charge in [0.25, 0.3) is 5.56 Å². The van der Waals surface area contributed by atoms with Gasteiger partial charge in [0, 0.05) is 11.4 Å². The van der Waals surface area contributed by atoms with Crippen LogP contribution in [0.5, 0.6) is 0 Å². The molecule has 2 aromatic carbocycles. The Morgan fingerprint density at radius 2 is 1.81 bits per heavy atom. The van der Waals surface area contributed by atoms with Crippen molar-refractivity contribution in [2.75, 3.05) is 5.32 Å². The van der Waals surface area contributed by atoms with Crippen LogP contribution in [0.3, 0.4) is 0 Å². The molecule has 0 saturated carbocycles. The fourth-order valence-electron chi connectivity index (χ4n) is 3.65. The summed E-state index contributed by atoms with van der Waals surface area (Å²) in [4.78, 5) is 30.8. The number of imidazole rings is 1. The standard InChI is InChI=1S/C23H20BrFN4O2/c1-3-18-20(15-7-5-4-6-8-15)22(31)29-21(24)14(2)26-23(29)28(18)13-19(30)27-17-11-9-16(25)10-12-17/h4-12H,3,13H2,1-2H3,(H,27,30). The highest BCUT2D eigenvalue weighted by Gasteiger charge is 2.22. The van der Waals surface area contributed by atoms with Crippen LogP contribution in [-0.2, 0) is 17.8 Å². The van der Waals surface area contributed by atoms with Gasteiger partial charge in [0.2, 0.25) is 11.7 Å². The zero-order valence-corrected chi connectivity index (χ0v) is 18.6. The van der Waals surface area contributed by atoms with Crippen LogP contribution < -0.4 is 10.9 Å². The highest BCUT2D eigenvalue weighted by Crippen LogP contribution is 2.25. The van der Waals surface area contributed by atoms with Gasteiger partial charge in [-0.15, -0.1) is 0 Å². The highest BCUT2D eigenvalue weighted by atomic mass is 79.9. The molecule has 8 heteroatoms. The Kier molecular flexibility index (Phi) is 5.73. The summed E-state index contributed by atoms with van der Waals surface area (Å²) >= 11 is 3.47. The van der Waals surface area contributed by atoms with Gasteiger partial charge in [0.15, 0.2) is 0 Å². The van der Waals surface area contributed by atoms with E-state index in [1.165, 1.54) is 28.7 Å². The third-order valence-corrected chi connectivity index (χ3v) is 5.99. The number of hydrogen-bond donors (Lipinski definition) is 1. The average molecular weight is 483 g/mol. The molecule has 0 atom stereocenters. The summed E-state index contributed by atoms with van der Waals surface area (Å²) in [6.07, 6.45) is 0.531. The quantitative estimate of drug-likeness (QED) is 0.452. The van der Waals surface area contributed by atoms with E-state index in [2.05, 4.69) is 26.2 Å². The molecule has 1 amide bonds. The maximum atomic E-state index is 13.4. The predicted molar refractivity (Wildman–Crippen MR) is 122 cm³/mol. The van der Waals surface area contributed by atoms with Crippen molar-refractivity contribution in [3.8, 4) is 11.1 Å². The van der Waals surface area contributed by atoms with E-state index >= 15 is 0 Å². The molecule has 0 bridgehead atoms. The van der Waals surface area contributed by atoms with Crippen LogP contribution in [0.2, 0.25) is 0 Å². The second kappa shape index (κ2) is 8.47. The van der Waals surface area contributed by atoms with Gasteiger partial charge in [-0.1, -0.05) is 37.3 Å². The second-order valence-corrected chi connectivity index (χ2v) is 7.86. The lowest BCUT2D eigenvalue weighted by molar-refractivity contribution is -0.116. The Morgan fingerprint density at radius 1 is 1.13 bits per heavy atom. The molecule has 2 aromatic heterocycles. The summed E-state index contributed by atoms with van der Waals surface area (Å²) in [5.74, 6) is -0.290. The van der Waals surface area contributed by atoms with Crippen LogP contribution in [-0.4, -0.2) is 19.9 Å². The number of aromatic nitrogens is 3. The summed E-state index contributed by atoms with van der Waals surface area (Å²) in [6, 6.07) is 15.0. The van der Waals surface area contributed by atoms with E-state index in [4.69, 9.17) is 0 Å². The predicted octanol–water partition coefficient (Wildman–Crippen LogP) is 4.57. The lowest BCUT2D eigenvalue weighted by Gasteiger charge is -2.18. The molecule has 0 radical (unpaired) electrons. The Bertz CT molecular complexity index is 1330. The van der Waals surface area contributed by atoms with Crippen molar-refractivity contribution in [2.24, 2.45) is 0 Å². The maximum Gasteiger partial charge on any atom is 0.268 e. The van der Waals surface area contributed by atoms with Crippen LogP contribution in [0.15, 0.2) is 64.0 Å². The topological polar surface area (TPSA) is 68.4 Å². The molecule has 0 saturated heterocycles. The fourth-order valence-corrected chi connectivity index (χ4v) is 4.06. The number of nitrogens with zero attached hydrogens (tertiary/aromatic N) is 3. The van der Waals surface area contributed by atoms with Gasteiger partial charge in [0.05, 0.1) is 11.3 Å². The number of amides is 1. The smallest absolute Gasteiger partial charge is 0.268 e. The Hall–Kier alpha value is -3.26. The number of benzene rings is 2. The summed E-state index contributed by atoms with van der Waals surface area (Å²) in [6.45, 7) is 3.69. The van der Waals surface area contributed by atoms with Gasteiger partial charge < -0.3 is 9.88 Å². The van der Waals surface area contributed by atoms with Gasteiger partial charge in [-0.25, -0.2) is 13.8 Å². The lowest BCUT2D eigenvalue weighted by Crippen LogP contribution is -2.28. The molecule has 31 heavy (non-hydrogen) atoms. The third kappa shape index (κ3) is 3.90. The first kappa shape index (κ1) is 21.0. The van der Waals surface area contributed by atoms with Crippen molar-refractivity contribution in [3.63, 3.8) is 0 Å². The number of anilines is 1. The minimum Gasteiger partial charge on any atom is -0.325 e. The number of aryl methyl sites for hydroxylation is 1. The Morgan fingerprint density at radius 3 is 2.45 bits per heavy atom. The molecule has 158 valence electrons. The number of carbonyl (C=O) groups is 1. The van der Waals surface area contributed by atoms with Crippen LogP contribution in [0.1, 0.15) is 18.3 Å². The number of hydrogen-bond acceptors (Lipinski definition) is 3. The monoisotopic (exact) mass is 482 g/mol. The van der Waals surface area contributed by atoms with Crippen molar-refractivity contribution in [2.45, 2.75) is 26.8 Å². The van der Waals surface area contributed by atoms with Gasteiger partial charge >= 0.3 is 0 Å². The summed E-state index contributed by atoms with van der Waals surface area (Å²) in [5.41, 5.74) is 2.97. The fraction of sp³-hybridized carbons (Fsp3) is 0.174.